The molecule has 0 aromatic carbocycles. The van der Waals surface area contributed by atoms with Crippen LogP contribution in [0.25, 0.3) is 0 Å². The second kappa shape index (κ2) is 3.69. The number of alkyl halides is 1. The molecular weight excluding hydrogens is 179 g/mol. The number of rotatable bonds is 2. The van der Waals surface area contributed by atoms with Crippen molar-refractivity contribution in [1.82, 2.24) is 0 Å². The monoisotopic (exact) mass is 186 g/mol. The van der Waals surface area contributed by atoms with Gasteiger partial charge in [0.2, 0.25) is 0 Å². The fraction of sp³-hybridized carbons (Fsp3) is 0.800. The number of carbonyl (C=O) groups excluding carboxylic acids is 1. The zero-order valence-electron chi connectivity index (χ0n) is 5.28. The Morgan fingerprint density at radius 1 is 1.67 bits per heavy atom. The van der Waals surface area contributed by atoms with Crippen LogP contribution < -0.4 is 0 Å². The van der Waals surface area contributed by atoms with Crippen molar-refractivity contribution in [2.45, 2.75) is 18.7 Å². The van der Waals surface area contributed by atoms with E-state index < -0.39 is 4.57 Å². The lowest BCUT2D eigenvalue weighted by atomic mass is 10.3. The fourth-order valence-corrected chi connectivity index (χ4v) is 1.01. The summed E-state index contributed by atoms with van der Waals surface area (Å²) in [4.78, 5) is 9.82. The van der Waals surface area contributed by atoms with Crippen molar-refractivity contribution in [2.75, 3.05) is 5.75 Å². The van der Waals surface area contributed by atoms with Crippen LogP contribution in [0.3, 0.4) is 0 Å². The summed E-state index contributed by atoms with van der Waals surface area (Å²) in [7, 11) is 0. The van der Waals surface area contributed by atoms with E-state index in [9.17, 15) is 4.79 Å². The molecule has 0 aliphatic heterocycles. The average molecular weight is 187 g/mol. The minimum absolute atomic E-state index is 0.338. The molecule has 0 aliphatic rings. The van der Waals surface area contributed by atoms with Gasteiger partial charge in [-0.1, -0.05) is 11.8 Å². The maximum atomic E-state index is 10.2. The van der Waals surface area contributed by atoms with Crippen molar-refractivity contribution < 1.29 is 4.79 Å². The molecule has 54 valence electrons. The first-order valence-electron chi connectivity index (χ1n) is 2.43. The lowest BCUT2D eigenvalue weighted by molar-refractivity contribution is 0.276. The summed E-state index contributed by atoms with van der Waals surface area (Å²) < 4.78 is -0.399. The van der Waals surface area contributed by atoms with E-state index in [1.54, 1.807) is 0 Å². The van der Waals surface area contributed by atoms with Crippen LogP contribution in [0.4, 0.5) is 4.79 Å². The van der Waals surface area contributed by atoms with Gasteiger partial charge >= 0.3 is 0 Å². The van der Waals surface area contributed by atoms with Gasteiger partial charge in [0.05, 0.1) is 0 Å². The molecule has 0 atom stereocenters. The van der Waals surface area contributed by atoms with Gasteiger partial charge < -0.3 is 0 Å². The summed E-state index contributed by atoms with van der Waals surface area (Å²) in [5.41, 5.74) is 0. The molecule has 0 aromatic heterocycles. The number of carbonyl (C=O) groups is 1. The third-order valence-electron chi connectivity index (χ3n) is 0.529. The highest BCUT2D eigenvalue weighted by molar-refractivity contribution is 8.16. The third kappa shape index (κ3) is 8.60. The normalized spacial score (nSPS) is 11.6. The molecule has 0 N–H and O–H groups in total. The van der Waals surface area contributed by atoms with Gasteiger partial charge in [-0.15, -0.1) is 11.6 Å². The van der Waals surface area contributed by atoms with Crippen molar-refractivity contribution in [1.29, 1.82) is 0 Å². The van der Waals surface area contributed by atoms with E-state index in [2.05, 4.69) is 0 Å². The zero-order chi connectivity index (χ0) is 7.49. The molecule has 0 unspecified atom stereocenters. The summed E-state index contributed by atoms with van der Waals surface area (Å²) in [5.74, 6) is 0.552. The Morgan fingerprint density at radius 3 is 2.22 bits per heavy atom. The van der Waals surface area contributed by atoms with Crippen molar-refractivity contribution in [3.8, 4) is 0 Å². The van der Waals surface area contributed by atoms with Crippen LogP contribution in [0, 0.1) is 0 Å². The van der Waals surface area contributed by atoms with E-state index >= 15 is 0 Å². The fourth-order valence-electron chi connectivity index (χ4n) is 0.228. The molecule has 0 spiro atoms. The summed E-state index contributed by atoms with van der Waals surface area (Å²) in [6, 6.07) is 0. The van der Waals surface area contributed by atoms with Crippen LogP contribution in [0.15, 0.2) is 0 Å². The lowest BCUT2D eigenvalue weighted by Crippen LogP contribution is -2.13. The molecule has 0 fully saturated rings. The maximum Gasteiger partial charge on any atom is 0.279 e. The Bertz CT molecular complexity index is 108. The molecule has 0 radical (unpaired) electrons. The first-order valence-corrected chi connectivity index (χ1v) is 4.17. The van der Waals surface area contributed by atoms with Crippen LogP contribution in [0.1, 0.15) is 13.8 Å². The van der Waals surface area contributed by atoms with Gasteiger partial charge in [-0.25, -0.2) is 0 Å². The molecule has 0 bridgehead atoms. The first-order chi connectivity index (χ1) is 3.92. The maximum absolute atomic E-state index is 10.2. The Hall–Kier alpha value is 0.600. The highest BCUT2D eigenvalue weighted by atomic mass is 35.5. The highest BCUT2D eigenvalue weighted by Crippen LogP contribution is 2.21. The second-order valence-corrected chi connectivity index (χ2v) is 4.78. The van der Waals surface area contributed by atoms with E-state index in [0.717, 1.165) is 11.8 Å². The van der Waals surface area contributed by atoms with E-state index in [1.165, 1.54) is 0 Å². The first kappa shape index (κ1) is 9.60. The van der Waals surface area contributed by atoms with Crippen molar-refractivity contribution in [3.63, 3.8) is 0 Å². The molecule has 9 heavy (non-hydrogen) atoms. The van der Waals surface area contributed by atoms with Gasteiger partial charge in [0.1, 0.15) is 0 Å². The molecule has 1 nitrogen and oxygen atoms in total. The number of hydrogen-bond acceptors (Lipinski definition) is 2. The number of halogens is 2. The smallest absolute Gasteiger partial charge is 0.268 e. The third-order valence-corrected chi connectivity index (χ3v) is 2.24. The Morgan fingerprint density at radius 2 is 2.11 bits per heavy atom. The van der Waals surface area contributed by atoms with Crippen LogP contribution >= 0.6 is 35.0 Å². The molecule has 4 heteroatoms. The predicted octanol–water partition coefficient (Wildman–Crippen LogP) is 3.10. The molecule has 0 saturated carbocycles. The number of thioether (sulfide) groups is 1. The van der Waals surface area contributed by atoms with Gasteiger partial charge in [0, 0.05) is 10.6 Å². The summed E-state index contributed by atoms with van der Waals surface area (Å²) >= 11 is 11.8. The molecular formula is C5H8Cl2OS. The minimum atomic E-state index is -0.399. The van der Waals surface area contributed by atoms with Gasteiger partial charge in [-0.2, -0.15) is 0 Å². The molecule has 0 aromatic rings. The van der Waals surface area contributed by atoms with Crippen LogP contribution in [-0.4, -0.2) is 15.2 Å². The Labute approximate surface area is 69.1 Å². The van der Waals surface area contributed by atoms with Crippen molar-refractivity contribution in [2.24, 2.45) is 0 Å². The van der Waals surface area contributed by atoms with Crippen LogP contribution in [-0.2, 0) is 0 Å². The van der Waals surface area contributed by atoms with E-state index in [4.69, 9.17) is 23.2 Å². The van der Waals surface area contributed by atoms with E-state index in [-0.39, 0.29) is 4.87 Å². The number of hydrogen-bond donors (Lipinski definition) is 0. The summed E-state index contributed by atoms with van der Waals surface area (Å²) in [5, 5.41) is 0. The topological polar surface area (TPSA) is 17.1 Å². The van der Waals surface area contributed by atoms with Gasteiger partial charge in [-0.3, -0.25) is 4.79 Å². The Kier molecular flexibility index (Phi) is 3.94. The highest BCUT2D eigenvalue weighted by Gasteiger charge is 2.14. The van der Waals surface area contributed by atoms with Gasteiger partial charge in [0.25, 0.3) is 4.57 Å². The quantitative estimate of drug-likeness (QED) is 0.488. The molecule has 0 amide bonds. The largest absolute Gasteiger partial charge is 0.279 e. The summed E-state index contributed by atoms with van der Waals surface area (Å²) in [6.45, 7) is 3.67. The standard InChI is InChI=1S/C5H8Cl2OS/c1-5(2,7)3-9-4(6)8/h3H2,1-2H3. The van der Waals surface area contributed by atoms with E-state index in [0.29, 0.717) is 5.75 Å². The SMILES string of the molecule is CC(C)(Cl)CSC(=O)Cl. The minimum Gasteiger partial charge on any atom is -0.268 e. The lowest BCUT2D eigenvalue weighted by Gasteiger charge is -2.11. The Balaban J connectivity index is 3.39. The van der Waals surface area contributed by atoms with E-state index in [1.807, 2.05) is 13.8 Å². The van der Waals surface area contributed by atoms with Crippen molar-refractivity contribution in [3.05, 3.63) is 0 Å². The molecule has 0 aliphatic carbocycles. The predicted molar refractivity (Wildman–Crippen MR) is 43.6 cm³/mol. The van der Waals surface area contributed by atoms with Crippen LogP contribution in [0.2, 0.25) is 0 Å². The van der Waals surface area contributed by atoms with Crippen molar-refractivity contribution >= 4 is 39.5 Å². The summed E-state index contributed by atoms with van der Waals surface area (Å²) in [6.07, 6.45) is 0. The molecule has 0 heterocycles. The van der Waals surface area contributed by atoms with Crippen LogP contribution in [0.5, 0.6) is 0 Å². The average Bonchev–Trinajstić information content (AvgIpc) is 1.59. The zero-order valence-corrected chi connectivity index (χ0v) is 7.61. The molecule has 0 saturated heterocycles. The van der Waals surface area contributed by atoms with Gasteiger partial charge in [-0.05, 0) is 25.4 Å². The molecule has 0 rings (SSSR count). The second-order valence-electron chi connectivity index (χ2n) is 2.25. The van der Waals surface area contributed by atoms with Gasteiger partial charge in [0.15, 0.2) is 0 Å².